The standard InChI is InChI=1S/C17H9Cl2N5/c18-9-5-10(19)7-11(6-9)24-16(21)12(8-20)15-17(24)23-14-4-2-1-3-13(14)22-15/h1-7H,21H2. The number of anilines is 1. The number of benzene rings is 2. The van der Waals surface area contributed by atoms with Crippen LogP contribution in [-0.4, -0.2) is 14.5 Å². The largest absolute Gasteiger partial charge is 0.384 e. The molecule has 0 aliphatic carbocycles. The first-order valence-electron chi connectivity index (χ1n) is 7.01. The highest BCUT2D eigenvalue weighted by Crippen LogP contribution is 2.32. The molecule has 0 aliphatic heterocycles. The Balaban J connectivity index is 2.17. The molecule has 2 N–H and O–H groups in total. The molecule has 0 radical (unpaired) electrons. The third-order valence-corrected chi connectivity index (χ3v) is 4.15. The second kappa shape index (κ2) is 5.38. The summed E-state index contributed by atoms with van der Waals surface area (Å²) in [5.74, 6) is 0.251. The summed E-state index contributed by atoms with van der Waals surface area (Å²) in [5, 5.41) is 10.4. The normalized spacial score (nSPS) is 11.0. The van der Waals surface area contributed by atoms with E-state index in [1.165, 1.54) is 0 Å². The number of rotatable bonds is 1. The van der Waals surface area contributed by atoms with Crippen molar-refractivity contribution in [1.29, 1.82) is 5.26 Å². The Morgan fingerprint density at radius 2 is 1.62 bits per heavy atom. The van der Waals surface area contributed by atoms with Crippen LogP contribution in [0.3, 0.4) is 0 Å². The van der Waals surface area contributed by atoms with Gasteiger partial charge in [-0.1, -0.05) is 35.3 Å². The molecule has 0 spiro atoms. The van der Waals surface area contributed by atoms with Crippen LogP contribution >= 0.6 is 23.2 Å². The molecule has 4 aromatic rings. The van der Waals surface area contributed by atoms with Gasteiger partial charge in [0.05, 0.1) is 16.7 Å². The SMILES string of the molecule is N#Cc1c(N)n(-c2cc(Cl)cc(Cl)c2)c2nc3ccccc3nc12. The zero-order valence-corrected chi connectivity index (χ0v) is 13.7. The first-order chi connectivity index (χ1) is 11.6. The highest BCUT2D eigenvalue weighted by atomic mass is 35.5. The minimum atomic E-state index is 0.251. The molecular weight excluding hydrogens is 345 g/mol. The Kier molecular flexibility index (Phi) is 3.31. The van der Waals surface area contributed by atoms with Crippen molar-refractivity contribution in [1.82, 2.24) is 14.5 Å². The second-order valence-electron chi connectivity index (χ2n) is 5.22. The molecule has 0 aliphatic rings. The van der Waals surface area contributed by atoms with Gasteiger partial charge >= 0.3 is 0 Å². The van der Waals surface area contributed by atoms with Crippen molar-refractivity contribution < 1.29 is 0 Å². The van der Waals surface area contributed by atoms with Crippen molar-refractivity contribution in [2.24, 2.45) is 0 Å². The van der Waals surface area contributed by atoms with Crippen LogP contribution in [0.5, 0.6) is 0 Å². The molecule has 2 aromatic heterocycles. The summed E-state index contributed by atoms with van der Waals surface area (Å²) in [5.41, 5.74) is 9.44. The van der Waals surface area contributed by atoms with Gasteiger partial charge in [-0.2, -0.15) is 5.26 Å². The number of hydrogen-bond donors (Lipinski definition) is 1. The highest BCUT2D eigenvalue weighted by molar-refractivity contribution is 6.34. The van der Waals surface area contributed by atoms with Gasteiger partial charge in [-0.25, -0.2) is 9.97 Å². The van der Waals surface area contributed by atoms with Crippen molar-refractivity contribution in [2.45, 2.75) is 0 Å². The molecule has 24 heavy (non-hydrogen) atoms. The molecule has 5 nitrogen and oxygen atoms in total. The molecule has 0 unspecified atom stereocenters. The molecule has 0 bridgehead atoms. The number of nitrogens with zero attached hydrogens (tertiary/aromatic N) is 4. The summed E-state index contributed by atoms with van der Waals surface area (Å²) < 4.78 is 1.64. The van der Waals surface area contributed by atoms with Gasteiger partial charge in [0.15, 0.2) is 5.65 Å². The summed E-state index contributed by atoms with van der Waals surface area (Å²) in [6.07, 6.45) is 0. The number of aromatic nitrogens is 3. The van der Waals surface area contributed by atoms with Crippen LogP contribution in [0.4, 0.5) is 5.82 Å². The summed E-state index contributed by atoms with van der Waals surface area (Å²) in [6, 6.07) is 14.6. The molecule has 2 aromatic carbocycles. The predicted molar refractivity (Wildman–Crippen MR) is 95.5 cm³/mol. The summed E-state index contributed by atoms with van der Waals surface area (Å²) >= 11 is 12.2. The maximum atomic E-state index is 9.49. The number of nitriles is 1. The molecule has 2 heterocycles. The van der Waals surface area contributed by atoms with Gasteiger partial charge in [0.1, 0.15) is 23.0 Å². The molecule has 116 valence electrons. The van der Waals surface area contributed by atoms with Gasteiger partial charge in [0.25, 0.3) is 0 Å². The lowest BCUT2D eigenvalue weighted by atomic mass is 10.2. The lowest BCUT2D eigenvalue weighted by Crippen LogP contribution is -2.02. The quantitative estimate of drug-likeness (QED) is 0.552. The van der Waals surface area contributed by atoms with Crippen LogP contribution in [0.15, 0.2) is 42.5 Å². The van der Waals surface area contributed by atoms with E-state index in [1.807, 2.05) is 24.3 Å². The summed E-state index contributed by atoms with van der Waals surface area (Å²) in [4.78, 5) is 9.17. The molecule has 0 amide bonds. The first-order valence-corrected chi connectivity index (χ1v) is 7.77. The Hall–Kier alpha value is -2.81. The maximum Gasteiger partial charge on any atom is 0.167 e. The summed E-state index contributed by atoms with van der Waals surface area (Å²) in [6.45, 7) is 0. The van der Waals surface area contributed by atoms with Crippen LogP contribution in [0.2, 0.25) is 10.0 Å². The van der Waals surface area contributed by atoms with E-state index < -0.39 is 0 Å². The topological polar surface area (TPSA) is 80.5 Å². The average Bonchev–Trinajstić information content (AvgIpc) is 2.82. The smallest absolute Gasteiger partial charge is 0.167 e. The fourth-order valence-corrected chi connectivity index (χ4v) is 3.22. The van der Waals surface area contributed by atoms with Gasteiger partial charge in [-0.15, -0.1) is 0 Å². The molecule has 0 atom stereocenters. The third kappa shape index (κ3) is 2.16. The molecule has 0 saturated heterocycles. The fraction of sp³-hybridized carbons (Fsp3) is 0. The number of halogens is 2. The van der Waals surface area contributed by atoms with Crippen LogP contribution < -0.4 is 5.73 Å². The Morgan fingerprint density at radius 1 is 1.00 bits per heavy atom. The van der Waals surface area contributed by atoms with Crippen molar-refractivity contribution in [3.63, 3.8) is 0 Å². The molecular formula is C17H9Cl2N5. The zero-order chi connectivity index (χ0) is 16.8. The number of para-hydroxylation sites is 2. The van der Waals surface area contributed by atoms with Crippen molar-refractivity contribution in [2.75, 3.05) is 5.73 Å². The third-order valence-electron chi connectivity index (χ3n) is 3.72. The van der Waals surface area contributed by atoms with Gasteiger partial charge < -0.3 is 5.73 Å². The van der Waals surface area contributed by atoms with Crippen LogP contribution in [0.25, 0.3) is 27.9 Å². The monoisotopic (exact) mass is 353 g/mol. The van der Waals surface area contributed by atoms with E-state index in [9.17, 15) is 5.26 Å². The van der Waals surface area contributed by atoms with E-state index >= 15 is 0 Å². The van der Waals surface area contributed by atoms with E-state index in [1.54, 1.807) is 22.8 Å². The van der Waals surface area contributed by atoms with Gasteiger partial charge in [0, 0.05) is 10.0 Å². The number of fused-ring (bicyclic) bond motifs is 2. The van der Waals surface area contributed by atoms with Crippen molar-refractivity contribution in [3.8, 4) is 11.8 Å². The minimum Gasteiger partial charge on any atom is -0.384 e. The van der Waals surface area contributed by atoms with Crippen LogP contribution in [-0.2, 0) is 0 Å². The van der Waals surface area contributed by atoms with Crippen LogP contribution in [0.1, 0.15) is 5.56 Å². The maximum absolute atomic E-state index is 9.49. The van der Waals surface area contributed by atoms with Gasteiger partial charge in [-0.05, 0) is 30.3 Å². The highest BCUT2D eigenvalue weighted by Gasteiger charge is 2.20. The molecule has 0 saturated carbocycles. The lowest BCUT2D eigenvalue weighted by Gasteiger charge is -2.08. The zero-order valence-electron chi connectivity index (χ0n) is 12.2. The Bertz CT molecular complexity index is 1140. The number of nitrogen functional groups attached to an aromatic ring is 1. The predicted octanol–water partition coefficient (Wildman–Crippen LogP) is 4.33. The molecule has 0 fully saturated rings. The Labute approximate surface area is 146 Å². The fourth-order valence-electron chi connectivity index (χ4n) is 2.70. The van der Waals surface area contributed by atoms with Crippen LogP contribution in [0, 0.1) is 11.3 Å². The van der Waals surface area contributed by atoms with E-state index in [-0.39, 0.29) is 11.4 Å². The average molecular weight is 354 g/mol. The first kappa shape index (κ1) is 14.8. The molecule has 4 rings (SSSR count). The van der Waals surface area contributed by atoms with Gasteiger partial charge in [0.2, 0.25) is 0 Å². The van der Waals surface area contributed by atoms with Crippen molar-refractivity contribution in [3.05, 3.63) is 58.1 Å². The minimum absolute atomic E-state index is 0.251. The van der Waals surface area contributed by atoms with Gasteiger partial charge in [-0.3, -0.25) is 4.57 Å². The van der Waals surface area contributed by atoms with E-state index in [0.29, 0.717) is 37.9 Å². The second-order valence-corrected chi connectivity index (χ2v) is 6.09. The van der Waals surface area contributed by atoms with Crippen molar-refractivity contribution >= 4 is 51.2 Å². The van der Waals surface area contributed by atoms with E-state index in [2.05, 4.69) is 16.0 Å². The lowest BCUT2D eigenvalue weighted by molar-refractivity contribution is 1.11. The van der Waals surface area contributed by atoms with E-state index in [4.69, 9.17) is 28.9 Å². The van der Waals surface area contributed by atoms with E-state index in [0.717, 1.165) is 0 Å². The number of nitrogens with two attached hydrogens (primary N) is 1. The Morgan fingerprint density at radius 3 is 2.25 bits per heavy atom. The molecule has 7 heteroatoms. The number of hydrogen-bond acceptors (Lipinski definition) is 4. The summed E-state index contributed by atoms with van der Waals surface area (Å²) in [7, 11) is 0.